The molecular formula is C44H98N16. The third-order valence-corrected chi connectivity index (χ3v) is 5.82. The summed E-state index contributed by atoms with van der Waals surface area (Å²) in [6.45, 7) is 35.4. The summed E-state index contributed by atoms with van der Waals surface area (Å²) >= 11 is 0. The van der Waals surface area contributed by atoms with Crippen molar-refractivity contribution < 1.29 is 0 Å². The highest BCUT2D eigenvalue weighted by Crippen LogP contribution is 2.29. The first kappa shape index (κ1) is 77.9. The molecule has 0 spiro atoms. The molecule has 1 aliphatic carbocycles. The highest BCUT2D eigenvalue weighted by atomic mass is 15.1. The van der Waals surface area contributed by atoms with E-state index in [1.807, 2.05) is 18.6 Å². The van der Waals surface area contributed by atoms with Crippen molar-refractivity contribution in [2.75, 3.05) is 39.3 Å². The Hall–Kier alpha value is -6.58. The number of nitrogens with two attached hydrogens (primary N) is 13. The number of hydrogen-bond acceptors (Lipinski definition) is 16. The van der Waals surface area contributed by atoms with Gasteiger partial charge in [-0.05, 0) is 132 Å². The highest BCUT2D eigenvalue weighted by molar-refractivity contribution is 4.93. The summed E-state index contributed by atoms with van der Waals surface area (Å²) in [5, 5.41) is 0. The summed E-state index contributed by atoms with van der Waals surface area (Å²) in [7, 11) is 0. The Morgan fingerprint density at radius 1 is 0.300 bits per heavy atom. The number of allylic oxidation sites excluding steroid dienone is 1. The van der Waals surface area contributed by atoms with Crippen molar-refractivity contribution in [2.45, 2.75) is 71.6 Å². The summed E-state index contributed by atoms with van der Waals surface area (Å²) in [6.07, 6.45) is 39.1. The van der Waals surface area contributed by atoms with Crippen LogP contribution in [0.15, 0.2) is 164 Å². The molecule has 16 heteroatoms. The van der Waals surface area contributed by atoms with E-state index in [-0.39, 0.29) is 7.43 Å². The molecule has 4 rings (SSSR count). The first-order valence-corrected chi connectivity index (χ1v) is 19.2. The number of likely N-dealkylation sites (tertiary alicyclic amines) is 3. The van der Waals surface area contributed by atoms with Crippen LogP contribution in [0.2, 0.25) is 0 Å². The van der Waals surface area contributed by atoms with Crippen molar-refractivity contribution in [3.8, 4) is 0 Å². The Balaban J connectivity index is -0.0000000584. The Morgan fingerprint density at radius 3 is 0.583 bits per heavy atom. The molecule has 3 aliphatic heterocycles. The van der Waals surface area contributed by atoms with Crippen molar-refractivity contribution in [1.29, 1.82) is 0 Å². The van der Waals surface area contributed by atoms with Gasteiger partial charge >= 0.3 is 0 Å². The van der Waals surface area contributed by atoms with E-state index in [2.05, 4.69) is 132 Å². The van der Waals surface area contributed by atoms with Crippen molar-refractivity contribution in [3.63, 3.8) is 0 Å². The van der Waals surface area contributed by atoms with E-state index >= 15 is 0 Å². The maximum absolute atomic E-state index is 5.24. The molecule has 3 heterocycles. The van der Waals surface area contributed by atoms with Crippen LogP contribution in [0.1, 0.15) is 71.6 Å². The molecular weight excluding hydrogens is 753 g/mol. The lowest BCUT2D eigenvalue weighted by atomic mass is 10.1. The van der Waals surface area contributed by atoms with Gasteiger partial charge in [-0.3, -0.25) is 0 Å². The SMILES string of the molecule is C.C=CN.C=CN.C=CN.C=CN.C=CN.C=CN.C=CN.C=CN.C=CN.NC=CC1CC1.NC=CN1CCCC1.NC=CN1CCCCC1.NC=CN1CCCCC1. The van der Waals surface area contributed by atoms with Crippen molar-refractivity contribution in [2.24, 2.45) is 80.5 Å². The van der Waals surface area contributed by atoms with Gasteiger partial charge in [0, 0.05) is 76.5 Å². The van der Waals surface area contributed by atoms with Gasteiger partial charge in [0.15, 0.2) is 0 Å². The highest BCUT2D eigenvalue weighted by Gasteiger charge is 2.16. The lowest BCUT2D eigenvalue weighted by Gasteiger charge is -2.24. The Morgan fingerprint density at radius 2 is 0.467 bits per heavy atom. The van der Waals surface area contributed by atoms with E-state index in [4.69, 9.17) is 22.9 Å². The standard InChI is InChI=1S/2C7H14N2.C6H12N2.C5H9N.9C2H5N.CH4/c2*8-4-7-9-5-2-1-3-6-9;7-3-6-8-4-1-2-5-8;6-4-3-5-1-2-5;9*1-2-3;/h2*4,7H,1-3,5-6,8H2;3,6H,1-2,4-5,7H2;3-5H,1-2,6H2;9*2H,1,3H2;1H4. The van der Waals surface area contributed by atoms with Gasteiger partial charge < -0.3 is 89.2 Å². The van der Waals surface area contributed by atoms with Gasteiger partial charge in [0.05, 0.1) is 0 Å². The molecule has 0 aromatic heterocycles. The summed E-state index contributed by atoms with van der Waals surface area (Å²) in [5.74, 6) is 0.843. The molecule has 16 nitrogen and oxygen atoms in total. The Kier molecular flexibility index (Phi) is 122. The molecule has 4 fully saturated rings. The zero-order valence-electron chi connectivity index (χ0n) is 36.9. The summed E-state index contributed by atoms with van der Waals surface area (Å²) in [5.41, 5.74) is 62.2. The largest absolute Gasteiger partial charge is 0.405 e. The number of rotatable bonds is 4. The molecule has 1 saturated carbocycles. The third-order valence-electron chi connectivity index (χ3n) is 5.82. The second-order valence-electron chi connectivity index (χ2n) is 10.8. The normalized spacial score (nSPS) is 13.2. The van der Waals surface area contributed by atoms with E-state index in [1.165, 1.54) is 159 Å². The van der Waals surface area contributed by atoms with Gasteiger partial charge in [0.2, 0.25) is 0 Å². The summed E-state index contributed by atoms with van der Waals surface area (Å²) in [6, 6.07) is 0. The third kappa shape index (κ3) is 132. The van der Waals surface area contributed by atoms with E-state index in [0.717, 1.165) is 5.92 Å². The van der Waals surface area contributed by atoms with Crippen LogP contribution in [0.4, 0.5) is 0 Å². The fourth-order valence-corrected chi connectivity index (χ4v) is 3.84. The van der Waals surface area contributed by atoms with Crippen molar-refractivity contribution in [3.05, 3.63) is 164 Å². The molecule has 0 bridgehead atoms. The van der Waals surface area contributed by atoms with Crippen LogP contribution in [0.3, 0.4) is 0 Å². The maximum Gasteiger partial charge on any atom is 0.0173 e. The van der Waals surface area contributed by atoms with E-state index < -0.39 is 0 Å². The molecule has 0 radical (unpaired) electrons. The second-order valence-corrected chi connectivity index (χ2v) is 10.8. The van der Waals surface area contributed by atoms with Gasteiger partial charge in [-0.25, -0.2) is 0 Å². The lowest BCUT2D eigenvalue weighted by Crippen LogP contribution is -2.24. The zero-order valence-corrected chi connectivity index (χ0v) is 36.9. The number of piperidine rings is 2. The predicted molar refractivity (Wildman–Crippen MR) is 274 cm³/mol. The first-order chi connectivity index (χ1) is 28.5. The van der Waals surface area contributed by atoms with Crippen LogP contribution >= 0.6 is 0 Å². The number of nitrogens with zero attached hydrogens (tertiary/aromatic N) is 3. The minimum atomic E-state index is 0. The van der Waals surface area contributed by atoms with Gasteiger partial charge in [-0.1, -0.05) is 72.7 Å². The molecule has 0 unspecified atom stereocenters. The molecule has 0 amide bonds. The van der Waals surface area contributed by atoms with E-state index in [0.29, 0.717) is 0 Å². The van der Waals surface area contributed by atoms with Gasteiger partial charge in [0.1, 0.15) is 0 Å². The van der Waals surface area contributed by atoms with Crippen LogP contribution < -0.4 is 74.5 Å². The van der Waals surface area contributed by atoms with E-state index in [9.17, 15) is 0 Å². The van der Waals surface area contributed by atoms with Crippen molar-refractivity contribution in [1.82, 2.24) is 14.7 Å². The molecule has 0 atom stereocenters. The quantitative estimate of drug-likeness (QED) is 0.183. The van der Waals surface area contributed by atoms with Crippen LogP contribution in [0, 0.1) is 5.92 Å². The average molecular weight is 851 g/mol. The second kappa shape index (κ2) is 93.9. The Labute approximate surface area is 369 Å². The summed E-state index contributed by atoms with van der Waals surface area (Å²) < 4.78 is 0. The average Bonchev–Trinajstić information content (AvgIpc) is 3.88. The fraction of sp³-hybridized carbons (Fsp3) is 0.409. The van der Waals surface area contributed by atoms with Crippen LogP contribution in [-0.4, -0.2) is 54.0 Å². The molecule has 4 aliphatic rings. The van der Waals surface area contributed by atoms with E-state index in [1.54, 1.807) is 24.8 Å². The molecule has 60 heavy (non-hydrogen) atoms. The molecule has 0 aromatic carbocycles. The smallest absolute Gasteiger partial charge is 0.0173 e. The molecule has 0 aromatic rings. The van der Waals surface area contributed by atoms with Crippen molar-refractivity contribution >= 4 is 0 Å². The molecule has 354 valence electrons. The minimum absolute atomic E-state index is 0. The minimum Gasteiger partial charge on any atom is -0.405 e. The Bertz CT molecular complexity index is 817. The fourth-order valence-electron chi connectivity index (χ4n) is 3.84. The maximum atomic E-state index is 5.24. The van der Waals surface area contributed by atoms with Crippen LogP contribution in [-0.2, 0) is 0 Å². The van der Waals surface area contributed by atoms with Gasteiger partial charge in [-0.2, -0.15) is 0 Å². The summed E-state index contributed by atoms with van der Waals surface area (Å²) in [4.78, 5) is 6.77. The first-order valence-electron chi connectivity index (χ1n) is 19.2. The monoisotopic (exact) mass is 851 g/mol. The molecule has 3 saturated heterocycles. The van der Waals surface area contributed by atoms with Crippen LogP contribution in [0.25, 0.3) is 0 Å². The molecule has 26 N–H and O–H groups in total. The number of hydrogen-bond donors (Lipinski definition) is 13. The van der Waals surface area contributed by atoms with Crippen LogP contribution in [0.5, 0.6) is 0 Å². The predicted octanol–water partition coefficient (Wildman–Crippen LogP) is 4.62. The van der Waals surface area contributed by atoms with Gasteiger partial charge in [-0.15, -0.1) is 0 Å². The lowest BCUT2D eigenvalue weighted by molar-refractivity contribution is 0.309. The zero-order chi connectivity index (χ0) is 47.6. The van der Waals surface area contributed by atoms with Gasteiger partial charge in [0.25, 0.3) is 0 Å². The topological polar surface area (TPSA) is 348 Å².